The highest BCUT2D eigenvalue weighted by Crippen LogP contribution is 2.35. The number of aromatic amines is 1. The molecule has 0 saturated carbocycles. The quantitative estimate of drug-likeness (QED) is 0.298. The lowest BCUT2D eigenvalue weighted by Gasteiger charge is -2.28. The molecule has 0 bridgehead atoms. The summed E-state index contributed by atoms with van der Waals surface area (Å²) in [6, 6.07) is 15.3. The fourth-order valence-corrected chi connectivity index (χ4v) is 6.90. The molecule has 4 heterocycles. The SMILES string of the molecule is CC[C@H](NC(=O)c1ccc2c(c1)C(=Cc1[nH]c(C)c(C(=O)N3CCC[C@H]3CN3CCCC3)c1C)C(=O)N2)c1ccccc1. The molecule has 0 unspecified atom stereocenters. The summed E-state index contributed by atoms with van der Waals surface area (Å²) in [5, 5.41) is 6.06. The lowest BCUT2D eigenvalue weighted by Crippen LogP contribution is -2.42. The van der Waals surface area contributed by atoms with E-state index < -0.39 is 0 Å². The number of aryl methyl sites for hydroxylation is 1. The van der Waals surface area contributed by atoms with Gasteiger partial charge in [-0.3, -0.25) is 14.4 Å². The number of hydrogen-bond acceptors (Lipinski definition) is 4. The van der Waals surface area contributed by atoms with Gasteiger partial charge in [-0.15, -0.1) is 0 Å². The van der Waals surface area contributed by atoms with Crippen LogP contribution in [-0.4, -0.2) is 64.7 Å². The molecule has 3 aliphatic heterocycles. The average Bonchev–Trinajstić information content (AvgIpc) is 3.81. The van der Waals surface area contributed by atoms with Crippen molar-refractivity contribution in [2.24, 2.45) is 0 Å². The Hall–Kier alpha value is -4.17. The van der Waals surface area contributed by atoms with E-state index in [1.807, 2.05) is 57.2 Å². The molecule has 0 spiro atoms. The standard InChI is InChI=1S/C35H41N5O3/c1-4-29(24-11-6-5-7-12-24)37-33(41)25-14-15-30-27(19-25)28(34(42)38-30)20-31-22(2)32(23(3)36-31)35(43)40-18-10-13-26(40)21-39-16-8-9-17-39/h5-7,11-12,14-15,19-20,26,29,36H,4,8-10,13,16-18,21H2,1-3H3,(H,37,41)(H,38,42)/t26-,29-/m0/s1. The van der Waals surface area contributed by atoms with Gasteiger partial charge in [-0.05, 0) is 94.4 Å². The van der Waals surface area contributed by atoms with Gasteiger partial charge in [0.25, 0.3) is 17.7 Å². The number of nitrogens with zero attached hydrogens (tertiary/aromatic N) is 2. The second-order valence-electron chi connectivity index (χ2n) is 12.1. The van der Waals surface area contributed by atoms with Crippen molar-refractivity contribution in [3.8, 4) is 0 Å². The van der Waals surface area contributed by atoms with Crippen molar-refractivity contribution in [1.29, 1.82) is 0 Å². The van der Waals surface area contributed by atoms with Crippen molar-refractivity contribution in [1.82, 2.24) is 20.1 Å². The number of rotatable bonds is 8. The number of nitrogens with one attached hydrogen (secondary N) is 3. The van der Waals surface area contributed by atoms with Crippen LogP contribution in [0.5, 0.6) is 0 Å². The van der Waals surface area contributed by atoms with Gasteiger partial charge in [0.2, 0.25) is 0 Å². The molecule has 3 aliphatic rings. The Labute approximate surface area is 253 Å². The van der Waals surface area contributed by atoms with E-state index in [2.05, 4.69) is 25.4 Å². The van der Waals surface area contributed by atoms with Crippen molar-refractivity contribution in [2.75, 3.05) is 31.5 Å². The zero-order chi connectivity index (χ0) is 30.1. The number of benzene rings is 2. The maximum atomic E-state index is 13.9. The number of likely N-dealkylation sites (tertiary alicyclic amines) is 2. The molecule has 2 atom stereocenters. The van der Waals surface area contributed by atoms with Crippen LogP contribution in [0.15, 0.2) is 48.5 Å². The first-order valence-electron chi connectivity index (χ1n) is 15.6. The van der Waals surface area contributed by atoms with Gasteiger partial charge in [-0.25, -0.2) is 0 Å². The van der Waals surface area contributed by atoms with Gasteiger partial charge in [-0.2, -0.15) is 0 Å². The molecular weight excluding hydrogens is 538 g/mol. The van der Waals surface area contributed by atoms with E-state index in [4.69, 9.17) is 0 Å². The minimum absolute atomic E-state index is 0.0664. The first kappa shape index (κ1) is 28.9. The van der Waals surface area contributed by atoms with Gasteiger partial charge in [0.15, 0.2) is 0 Å². The molecule has 8 nitrogen and oxygen atoms in total. The summed E-state index contributed by atoms with van der Waals surface area (Å²) < 4.78 is 0. The normalized spacial score (nSPS) is 20.0. The van der Waals surface area contributed by atoms with E-state index in [0.29, 0.717) is 28.0 Å². The summed E-state index contributed by atoms with van der Waals surface area (Å²) in [5.74, 6) is -0.351. The van der Waals surface area contributed by atoms with E-state index in [9.17, 15) is 14.4 Å². The molecule has 3 N–H and O–H groups in total. The van der Waals surface area contributed by atoms with Crippen molar-refractivity contribution < 1.29 is 14.4 Å². The Morgan fingerprint density at radius 2 is 1.81 bits per heavy atom. The summed E-state index contributed by atoms with van der Waals surface area (Å²) >= 11 is 0. The summed E-state index contributed by atoms with van der Waals surface area (Å²) in [7, 11) is 0. The molecule has 0 aliphatic carbocycles. The highest BCUT2D eigenvalue weighted by atomic mass is 16.2. The number of carbonyl (C=O) groups is 3. The number of fused-ring (bicyclic) bond motifs is 1. The van der Waals surface area contributed by atoms with Crippen LogP contribution in [0.4, 0.5) is 5.69 Å². The molecule has 3 amide bonds. The van der Waals surface area contributed by atoms with Gasteiger partial charge >= 0.3 is 0 Å². The third kappa shape index (κ3) is 5.76. The van der Waals surface area contributed by atoms with Crippen LogP contribution >= 0.6 is 0 Å². The number of hydrogen-bond donors (Lipinski definition) is 3. The van der Waals surface area contributed by atoms with Crippen molar-refractivity contribution >= 4 is 35.1 Å². The molecule has 2 saturated heterocycles. The number of amides is 3. The highest BCUT2D eigenvalue weighted by molar-refractivity contribution is 6.35. The monoisotopic (exact) mass is 579 g/mol. The van der Waals surface area contributed by atoms with Crippen molar-refractivity contribution in [3.05, 3.63) is 87.7 Å². The molecule has 6 rings (SSSR count). The zero-order valence-electron chi connectivity index (χ0n) is 25.3. The first-order valence-corrected chi connectivity index (χ1v) is 15.6. The van der Waals surface area contributed by atoms with Gasteiger partial charge < -0.3 is 25.4 Å². The topological polar surface area (TPSA) is 97.5 Å². The number of aromatic nitrogens is 1. The first-order chi connectivity index (χ1) is 20.8. The fraction of sp³-hybridized carbons (Fsp3) is 0.400. The molecule has 1 aromatic heterocycles. The second-order valence-corrected chi connectivity index (χ2v) is 12.1. The van der Waals surface area contributed by atoms with Crippen LogP contribution in [0.25, 0.3) is 11.6 Å². The lowest BCUT2D eigenvalue weighted by atomic mass is 10.0. The van der Waals surface area contributed by atoms with E-state index in [-0.39, 0.29) is 29.8 Å². The van der Waals surface area contributed by atoms with Crippen LogP contribution in [0, 0.1) is 13.8 Å². The number of H-pyrrole nitrogens is 1. The summed E-state index contributed by atoms with van der Waals surface area (Å²) in [6.07, 6.45) is 7.12. The molecule has 2 aromatic carbocycles. The molecule has 0 radical (unpaired) electrons. The molecule has 224 valence electrons. The largest absolute Gasteiger partial charge is 0.358 e. The predicted molar refractivity (Wildman–Crippen MR) is 170 cm³/mol. The van der Waals surface area contributed by atoms with Gasteiger partial charge in [0.1, 0.15) is 0 Å². The lowest BCUT2D eigenvalue weighted by molar-refractivity contribution is -0.110. The summed E-state index contributed by atoms with van der Waals surface area (Å²) in [4.78, 5) is 48.2. The summed E-state index contributed by atoms with van der Waals surface area (Å²) in [6.45, 7) is 9.89. The van der Waals surface area contributed by atoms with E-state index in [1.165, 1.54) is 12.8 Å². The van der Waals surface area contributed by atoms with Crippen molar-refractivity contribution in [2.45, 2.75) is 65.0 Å². The van der Waals surface area contributed by atoms with Crippen molar-refractivity contribution in [3.63, 3.8) is 0 Å². The fourth-order valence-electron chi connectivity index (χ4n) is 6.90. The van der Waals surface area contributed by atoms with Crippen LogP contribution in [-0.2, 0) is 4.79 Å². The smallest absolute Gasteiger partial charge is 0.256 e. The molecular formula is C35H41N5O3. The third-order valence-electron chi connectivity index (χ3n) is 9.26. The second kappa shape index (κ2) is 12.2. The van der Waals surface area contributed by atoms with E-state index in [0.717, 1.165) is 68.0 Å². The molecule has 43 heavy (non-hydrogen) atoms. The van der Waals surface area contributed by atoms with Crippen LogP contribution in [0.1, 0.15) is 93.9 Å². The van der Waals surface area contributed by atoms with Crippen LogP contribution in [0.3, 0.4) is 0 Å². The summed E-state index contributed by atoms with van der Waals surface area (Å²) in [5.41, 5.74) is 6.43. The van der Waals surface area contributed by atoms with Gasteiger partial charge in [0, 0.05) is 47.3 Å². The molecule has 2 fully saturated rings. The van der Waals surface area contributed by atoms with Gasteiger partial charge in [-0.1, -0.05) is 37.3 Å². The number of carbonyl (C=O) groups excluding carboxylic acids is 3. The Morgan fingerprint density at radius 3 is 2.56 bits per heavy atom. The Bertz CT molecular complexity index is 1570. The Morgan fingerprint density at radius 1 is 1.05 bits per heavy atom. The van der Waals surface area contributed by atoms with E-state index >= 15 is 0 Å². The molecule has 8 heteroatoms. The van der Waals surface area contributed by atoms with E-state index in [1.54, 1.807) is 18.2 Å². The minimum atomic E-state index is -0.229. The maximum absolute atomic E-state index is 13.9. The van der Waals surface area contributed by atoms with Crippen LogP contribution < -0.4 is 10.6 Å². The van der Waals surface area contributed by atoms with Crippen LogP contribution in [0.2, 0.25) is 0 Å². The Kier molecular flexibility index (Phi) is 8.21. The molecule has 3 aromatic rings. The van der Waals surface area contributed by atoms with Gasteiger partial charge in [0.05, 0.1) is 17.2 Å². The Balaban J connectivity index is 1.24. The maximum Gasteiger partial charge on any atom is 0.256 e. The average molecular weight is 580 g/mol. The number of anilines is 1. The highest BCUT2D eigenvalue weighted by Gasteiger charge is 2.34. The minimum Gasteiger partial charge on any atom is -0.358 e. The predicted octanol–water partition coefficient (Wildman–Crippen LogP) is 5.71. The zero-order valence-corrected chi connectivity index (χ0v) is 25.3. The third-order valence-corrected chi connectivity index (χ3v) is 9.26.